The highest BCUT2D eigenvalue weighted by Crippen LogP contribution is 2.21. The third kappa shape index (κ3) is 1.50. The highest BCUT2D eigenvalue weighted by atomic mass is 35.5. The number of hydrogen-bond acceptors (Lipinski definition) is 2. The summed E-state index contributed by atoms with van der Waals surface area (Å²) in [6.45, 7) is -0.0392. The summed E-state index contributed by atoms with van der Waals surface area (Å²) < 4.78 is 0. The largest absolute Gasteiger partial charge is 0.390 e. The van der Waals surface area contributed by atoms with Crippen molar-refractivity contribution in [3.63, 3.8) is 0 Å². The molecule has 13 heavy (non-hydrogen) atoms. The topological polar surface area (TPSA) is 33.1 Å². The molecule has 0 bridgehead atoms. The van der Waals surface area contributed by atoms with Crippen LogP contribution in [0.5, 0.6) is 0 Å². The summed E-state index contributed by atoms with van der Waals surface area (Å²) in [5.41, 5.74) is 1.48. The highest BCUT2D eigenvalue weighted by molar-refractivity contribution is 6.35. The van der Waals surface area contributed by atoms with Gasteiger partial charge in [-0.2, -0.15) is 0 Å². The predicted octanol–water partition coefficient (Wildman–Crippen LogP) is 2.38. The van der Waals surface area contributed by atoms with Crippen molar-refractivity contribution in [1.82, 2.24) is 4.98 Å². The number of nitrogens with zero attached hydrogens (tertiary/aromatic N) is 1. The molecule has 1 aromatic heterocycles. The molecule has 0 saturated carbocycles. The Morgan fingerprint density at radius 2 is 2.08 bits per heavy atom. The first-order valence-corrected chi connectivity index (χ1v) is 4.34. The molecule has 0 unspecified atom stereocenters. The van der Waals surface area contributed by atoms with Crippen LogP contribution >= 0.6 is 11.6 Å². The first kappa shape index (κ1) is 8.48. The summed E-state index contributed by atoms with van der Waals surface area (Å²) in [6, 6.07) is 9.19. The van der Waals surface area contributed by atoms with Crippen LogP contribution in [-0.2, 0) is 6.61 Å². The van der Waals surface area contributed by atoms with Crippen molar-refractivity contribution >= 4 is 22.5 Å². The maximum absolute atomic E-state index is 8.87. The van der Waals surface area contributed by atoms with Gasteiger partial charge in [0, 0.05) is 10.4 Å². The summed E-state index contributed by atoms with van der Waals surface area (Å²) in [5.74, 6) is 0. The quantitative estimate of drug-likeness (QED) is 0.755. The second-order valence-electron chi connectivity index (χ2n) is 2.77. The number of pyridine rings is 1. The van der Waals surface area contributed by atoms with Gasteiger partial charge in [0.25, 0.3) is 0 Å². The van der Waals surface area contributed by atoms with Crippen LogP contribution in [0.25, 0.3) is 10.9 Å². The second-order valence-corrected chi connectivity index (χ2v) is 3.17. The minimum Gasteiger partial charge on any atom is -0.390 e. The van der Waals surface area contributed by atoms with Gasteiger partial charge in [-0.25, -0.2) is 0 Å². The van der Waals surface area contributed by atoms with Crippen LogP contribution in [-0.4, -0.2) is 10.1 Å². The van der Waals surface area contributed by atoms with Crippen molar-refractivity contribution in [2.75, 3.05) is 0 Å². The molecule has 0 atom stereocenters. The van der Waals surface area contributed by atoms with Crippen molar-refractivity contribution < 1.29 is 5.11 Å². The average Bonchev–Trinajstić information content (AvgIpc) is 2.18. The van der Waals surface area contributed by atoms with Crippen LogP contribution < -0.4 is 0 Å². The zero-order valence-electron chi connectivity index (χ0n) is 6.87. The minimum absolute atomic E-state index is 0.0392. The zero-order chi connectivity index (χ0) is 9.26. The zero-order valence-corrected chi connectivity index (χ0v) is 7.62. The lowest BCUT2D eigenvalue weighted by Crippen LogP contribution is -1.89. The monoisotopic (exact) mass is 193 g/mol. The van der Waals surface area contributed by atoms with E-state index >= 15 is 0 Å². The number of aliphatic hydroxyl groups is 1. The van der Waals surface area contributed by atoms with Crippen LogP contribution in [0.4, 0.5) is 0 Å². The van der Waals surface area contributed by atoms with Crippen molar-refractivity contribution in [2.45, 2.75) is 6.61 Å². The molecule has 0 aliphatic heterocycles. The van der Waals surface area contributed by atoms with E-state index in [1.165, 1.54) is 0 Å². The first-order valence-electron chi connectivity index (χ1n) is 3.96. The molecule has 0 aliphatic rings. The predicted molar refractivity (Wildman–Crippen MR) is 52.7 cm³/mol. The number of benzene rings is 1. The van der Waals surface area contributed by atoms with Crippen LogP contribution in [0.1, 0.15) is 5.69 Å². The minimum atomic E-state index is -0.0392. The maximum Gasteiger partial charge on any atom is 0.0853 e. The van der Waals surface area contributed by atoms with Gasteiger partial charge in [0.15, 0.2) is 0 Å². The Labute approximate surface area is 80.8 Å². The Bertz CT molecular complexity index is 442. The third-order valence-electron chi connectivity index (χ3n) is 1.90. The van der Waals surface area contributed by atoms with E-state index in [0.29, 0.717) is 10.7 Å². The number of halogens is 1. The van der Waals surface area contributed by atoms with Crippen LogP contribution in [0, 0.1) is 0 Å². The number of rotatable bonds is 1. The average molecular weight is 194 g/mol. The van der Waals surface area contributed by atoms with E-state index in [1.54, 1.807) is 6.07 Å². The Morgan fingerprint density at radius 3 is 2.85 bits per heavy atom. The molecule has 2 nitrogen and oxygen atoms in total. The number of hydrogen-bond donors (Lipinski definition) is 1. The van der Waals surface area contributed by atoms with E-state index in [1.807, 2.05) is 24.3 Å². The molecular formula is C10H8ClNO. The number of aromatic nitrogens is 1. The van der Waals surface area contributed by atoms with Gasteiger partial charge in [0.1, 0.15) is 0 Å². The molecule has 2 aromatic rings. The fourth-order valence-electron chi connectivity index (χ4n) is 1.25. The Kier molecular flexibility index (Phi) is 2.17. The number of aliphatic hydroxyl groups excluding tert-OH is 1. The van der Waals surface area contributed by atoms with Gasteiger partial charge in [0.05, 0.1) is 17.8 Å². The molecule has 0 fully saturated rings. The van der Waals surface area contributed by atoms with E-state index in [0.717, 1.165) is 10.9 Å². The van der Waals surface area contributed by atoms with E-state index < -0.39 is 0 Å². The second kappa shape index (κ2) is 3.32. The molecule has 1 aromatic carbocycles. The van der Waals surface area contributed by atoms with Crippen molar-refractivity contribution in [3.8, 4) is 0 Å². The van der Waals surface area contributed by atoms with E-state index in [-0.39, 0.29) is 6.61 Å². The van der Waals surface area contributed by atoms with Crippen molar-refractivity contribution in [2.24, 2.45) is 0 Å². The Hall–Kier alpha value is -1.12. The van der Waals surface area contributed by atoms with Crippen LogP contribution in [0.2, 0.25) is 5.02 Å². The SMILES string of the molecule is OCc1ccc2c(Cl)cccc2n1. The Balaban J connectivity index is 2.72. The summed E-state index contributed by atoms with van der Waals surface area (Å²) in [5, 5.41) is 10.5. The molecule has 1 N–H and O–H groups in total. The normalized spacial score (nSPS) is 10.6. The van der Waals surface area contributed by atoms with Gasteiger partial charge in [-0.05, 0) is 24.3 Å². The lowest BCUT2D eigenvalue weighted by atomic mass is 10.2. The molecule has 66 valence electrons. The Morgan fingerprint density at radius 1 is 1.23 bits per heavy atom. The maximum atomic E-state index is 8.87. The van der Waals surface area contributed by atoms with E-state index in [4.69, 9.17) is 16.7 Å². The molecule has 2 rings (SSSR count). The number of fused-ring (bicyclic) bond motifs is 1. The van der Waals surface area contributed by atoms with Crippen molar-refractivity contribution in [1.29, 1.82) is 0 Å². The van der Waals surface area contributed by atoms with Crippen LogP contribution in [0.15, 0.2) is 30.3 Å². The van der Waals surface area contributed by atoms with Gasteiger partial charge in [-0.3, -0.25) is 4.98 Å². The lowest BCUT2D eigenvalue weighted by molar-refractivity contribution is 0.277. The summed E-state index contributed by atoms with van der Waals surface area (Å²) in [4.78, 5) is 4.22. The molecule has 0 aliphatic carbocycles. The van der Waals surface area contributed by atoms with Gasteiger partial charge in [-0.1, -0.05) is 17.7 Å². The van der Waals surface area contributed by atoms with Crippen molar-refractivity contribution in [3.05, 3.63) is 41.0 Å². The summed E-state index contributed by atoms with van der Waals surface area (Å²) in [7, 11) is 0. The first-order chi connectivity index (χ1) is 6.31. The smallest absolute Gasteiger partial charge is 0.0853 e. The molecule has 0 radical (unpaired) electrons. The summed E-state index contributed by atoms with van der Waals surface area (Å²) >= 11 is 5.95. The van der Waals surface area contributed by atoms with E-state index in [9.17, 15) is 0 Å². The fourth-order valence-corrected chi connectivity index (χ4v) is 1.48. The molecule has 0 spiro atoms. The van der Waals surface area contributed by atoms with Gasteiger partial charge in [0.2, 0.25) is 0 Å². The third-order valence-corrected chi connectivity index (χ3v) is 2.23. The lowest BCUT2D eigenvalue weighted by Gasteiger charge is -2.00. The highest BCUT2D eigenvalue weighted by Gasteiger charge is 1.99. The molecule has 1 heterocycles. The molecule has 0 amide bonds. The summed E-state index contributed by atoms with van der Waals surface area (Å²) in [6.07, 6.45) is 0. The molecule has 0 saturated heterocycles. The van der Waals surface area contributed by atoms with Gasteiger partial charge in [-0.15, -0.1) is 0 Å². The van der Waals surface area contributed by atoms with Gasteiger partial charge < -0.3 is 5.11 Å². The van der Waals surface area contributed by atoms with Gasteiger partial charge >= 0.3 is 0 Å². The van der Waals surface area contributed by atoms with Crippen LogP contribution in [0.3, 0.4) is 0 Å². The standard InChI is InChI=1S/C10H8ClNO/c11-9-2-1-3-10-8(9)5-4-7(6-13)12-10/h1-5,13H,6H2. The molecule has 3 heteroatoms. The molecular weight excluding hydrogens is 186 g/mol. The fraction of sp³-hybridized carbons (Fsp3) is 0.100. The van der Waals surface area contributed by atoms with E-state index in [2.05, 4.69) is 4.98 Å².